The van der Waals surface area contributed by atoms with Gasteiger partial charge in [-0.05, 0) is 6.07 Å². The average molecular weight is 230 g/mol. The van der Waals surface area contributed by atoms with Gasteiger partial charge in [0.15, 0.2) is 0 Å². The SMILES string of the molecule is C#Cc1c(N)cc(Cl)c(C(=O)O)c1Cl. The topological polar surface area (TPSA) is 63.3 Å². The molecular formula is C9H5Cl2NO2. The minimum Gasteiger partial charge on any atom is -0.478 e. The number of terminal acetylenes is 1. The van der Waals surface area contributed by atoms with E-state index in [-0.39, 0.29) is 26.9 Å². The number of carboxylic acids is 1. The number of aromatic carboxylic acids is 1. The van der Waals surface area contributed by atoms with Crippen LogP contribution < -0.4 is 5.73 Å². The molecule has 14 heavy (non-hydrogen) atoms. The van der Waals surface area contributed by atoms with Gasteiger partial charge < -0.3 is 10.8 Å². The van der Waals surface area contributed by atoms with Gasteiger partial charge in [-0.2, -0.15) is 0 Å². The predicted molar refractivity (Wildman–Crippen MR) is 55.8 cm³/mol. The van der Waals surface area contributed by atoms with Crippen LogP contribution in [0.25, 0.3) is 0 Å². The Morgan fingerprint density at radius 1 is 1.57 bits per heavy atom. The summed E-state index contributed by atoms with van der Waals surface area (Å²) >= 11 is 11.4. The number of anilines is 1. The van der Waals surface area contributed by atoms with Crippen molar-refractivity contribution in [1.29, 1.82) is 0 Å². The third kappa shape index (κ3) is 1.63. The molecule has 0 saturated heterocycles. The second-order valence-corrected chi connectivity index (χ2v) is 3.25. The van der Waals surface area contributed by atoms with Gasteiger partial charge in [-0.15, -0.1) is 6.42 Å². The summed E-state index contributed by atoms with van der Waals surface area (Å²) in [7, 11) is 0. The lowest BCUT2D eigenvalue weighted by Gasteiger charge is -2.06. The first-order valence-corrected chi connectivity index (χ1v) is 4.22. The molecule has 0 aliphatic carbocycles. The number of carboxylic acid groups (broad SMARTS) is 1. The Kier molecular flexibility index (Phi) is 2.90. The number of rotatable bonds is 1. The lowest BCUT2D eigenvalue weighted by atomic mass is 10.1. The third-order valence-electron chi connectivity index (χ3n) is 1.61. The van der Waals surface area contributed by atoms with Gasteiger partial charge in [-0.25, -0.2) is 4.79 Å². The first-order chi connectivity index (χ1) is 6.49. The molecule has 3 N–H and O–H groups in total. The Morgan fingerprint density at radius 3 is 2.57 bits per heavy atom. The van der Waals surface area contributed by atoms with E-state index in [9.17, 15) is 4.79 Å². The summed E-state index contributed by atoms with van der Waals surface area (Å²) in [6.07, 6.45) is 5.12. The quantitative estimate of drug-likeness (QED) is 0.574. The lowest BCUT2D eigenvalue weighted by Crippen LogP contribution is -2.03. The summed E-state index contributed by atoms with van der Waals surface area (Å²) in [5.74, 6) is 0.968. The first kappa shape index (κ1) is 10.7. The summed E-state index contributed by atoms with van der Waals surface area (Å²) in [4.78, 5) is 10.7. The van der Waals surface area contributed by atoms with Crippen molar-refractivity contribution in [2.75, 3.05) is 5.73 Å². The number of hydrogen-bond donors (Lipinski definition) is 2. The molecule has 0 aliphatic rings. The Bertz CT molecular complexity index is 449. The maximum absolute atomic E-state index is 10.7. The fourth-order valence-corrected chi connectivity index (χ4v) is 1.67. The van der Waals surface area contributed by atoms with Crippen LogP contribution in [-0.2, 0) is 0 Å². The van der Waals surface area contributed by atoms with Gasteiger partial charge >= 0.3 is 5.97 Å². The Balaban J connectivity index is 3.62. The zero-order valence-electron chi connectivity index (χ0n) is 6.84. The molecule has 1 aromatic rings. The van der Waals surface area contributed by atoms with Crippen molar-refractivity contribution in [1.82, 2.24) is 0 Å². The molecular weight excluding hydrogens is 225 g/mol. The molecule has 0 saturated carbocycles. The summed E-state index contributed by atoms with van der Waals surface area (Å²) in [6.45, 7) is 0. The number of nitrogens with two attached hydrogens (primary N) is 1. The predicted octanol–water partition coefficient (Wildman–Crippen LogP) is 2.26. The number of halogens is 2. The van der Waals surface area contributed by atoms with E-state index in [4.69, 9.17) is 40.5 Å². The van der Waals surface area contributed by atoms with Crippen LogP contribution in [0.3, 0.4) is 0 Å². The monoisotopic (exact) mass is 229 g/mol. The standard InChI is InChI=1S/C9H5Cl2NO2/c1-2-4-6(12)3-5(10)7(8(4)11)9(13)14/h1,3H,12H2,(H,13,14). The van der Waals surface area contributed by atoms with Crippen molar-refractivity contribution in [3.63, 3.8) is 0 Å². The Labute approximate surface area is 90.4 Å². The van der Waals surface area contributed by atoms with Gasteiger partial charge in [0.2, 0.25) is 0 Å². The van der Waals surface area contributed by atoms with Gasteiger partial charge in [-0.1, -0.05) is 29.1 Å². The summed E-state index contributed by atoms with van der Waals surface area (Å²) in [5, 5.41) is 8.64. The highest BCUT2D eigenvalue weighted by atomic mass is 35.5. The van der Waals surface area contributed by atoms with Crippen LogP contribution >= 0.6 is 23.2 Å². The summed E-state index contributed by atoms with van der Waals surface area (Å²) in [5.41, 5.74) is 5.61. The van der Waals surface area contributed by atoms with Crippen LogP contribution in [0.4, 0.5) is 5.69 Å². The van der Waals surface area contributed by atoms with Crippen molar-refractivity contribution in [3.8, 4) is 12.3 Å². The molecule has 0 unspecified atom stereocenters. The van der Waals surface area contributed by atoms with Gasteiger partial charge in [0, 0.05) is 0 Å². The number of carbonyl (C=O) groups is 1. The third-order valence-corrected chi connectivity index (χ3v) is 2.28. The lowest BCUT2D eigenvalue weighted by molar-refractivity contribution is 0.0697. The van der Waals surface area contributed by atoms with Gasteiger partial charge in [0.25, 0.3) is 0 Å². The Morgan fingerprint density at radius 2 is 2.14 bits per heavy atom. The van der Waals surface area contributed by atoms with Crippen LogP contribution in [0, 0.1) is 12.3 Å². The summed E-state index contributed by atoms with van der Waals surface area (Å²) < 4.78 is 0. The molecule has 0 radical (unpaired) electrons. The van der Waals surface area contributed by atoms with E-state index < -0.39 is 5.97 Å². The molecule has 3 nitrogen and oxygen atoms in total. The van der Waals surface area contributed by atoms with E-state index in [1.807, 2.05) is 0 Å². The molecule has 1 rings (SSSR count). The number of hydrogen-bond acceptors (Lipinski definition) is 2. The second kappa shape index (κ2) is 3.79. The molecule has 0 heterocycles. The first-order valence-electron chi connectivity index (χ1n) is 3.46. The van der Waals surface area contributed by atoms with E-state index in [1.165, 1.54) is 6.07 Å². The van der Waals surface area contributed by atoms with Crippen LogP contribution in [0.5, 0.6) is 0 Å². The van der Waals surface area contributed by atoms with E-state index in [1.54, 1.807) is 0 Å². The van der Waals surface area contributed by atoms with Crippen LogP contribution in [0.15, 0.2) is 6.07 Å². The van der Waals surface area contributed by atoms with Crippen LogP contribution in [0.1, 0.15) is 15.9 Å². The van der Waals surface area contributed by atoms with E-state index >= 15 is 0 Å². The van der Waals surface area contributed by atoms with Crippen LogP contribution in [-0.4, -0.2) is 11.1 Å². The van der Waals surface area contributed by atoms with E-state index in [0.29, 0.717) is 0 Å². The van der Waals surface area contributed by atoms with Gasteiger partial charge in [0.1, 0.15) is 0 Å². The largest absolute Gasteiger partial charge is 0.478 e. The fourth-order valence-electron chi connectivity index (χ4n) is 0.980. The van der Waals surface area contributed by atoms with Gasteiger partial charge in [-0.3, -0.25) is 0 Å². The van der Waals surface area contributed by atoms with E-state index in [2.05, 4.69) is 5.92 Å². The summed E-state index contributed by atoms with van der Waals surface area (Å²) in [6, 6.07) is 1.27. The zero-order chi connectivity index (χ0) is 10.9. The number of nitrogen functional groups attached to an aromatic ring is 1. The molecule has 0 fully saturated rings. The molecule has 72 valence electrons. The van der Waals surface area contributed by atoms with E-state index in [0.717, 1.165) is 0 Å². The maximum Gasteiger partial charge on any atom is 0.338 e. The zero-order valence-corrected chi connectivity index (χ0v) is 8.36. The highest BCUT2D eigenvalue weighted by Gasteiger charge is 2.18. The van der Waals surface area contributed by atoms with Crippen molar-refractivity contribution in [2.45, 2.75) is 0 Å². The van der Waals surface area contributed by atoms with Crippen molar-refractivity contribution in [3.05, 3.63) is 27.2 Å². The van der Waals surface area contributed by atoms with Crippen molar-refractivity contribution < 1.29 is 9.90 Å². The highest BCUT2D eigenvalue weighted by Crippen LogP contribution is 2.32. The average Bonchev–Trinajstić information content (AvgIpc) is 2.02. The number of benzene rings is 1. The molecule has 5 heteroatoms. The normalized spacial score (nSPS) is 9.50. The maximum atomic E-state index is 10.7. The molecule has 0 aromatic heterocycles. The van der Waals surface area contributed by atoms with Crippen LogP contribution in [0.2, 0.25) is 10.0 Å². The smallest absolute Gasteiger partial charge is 0.338 e. The second-order valence-electron chi connectivity index (χ2n) is 2.46. The molecule has 1 aromatic carbocycles. The van der Waals surface area contributed by atoms with Crippen molar-refractivity contribution in [2.24, 2.45) is 0 Å². The molecule has 0 spiro atoms. The molecule has 0 atom stereocenters. The molecule has 0 amide bonds. The highest BCUT2D eigenvalue weighted by molar-refractivity contribution is 6.40. The molecule has 0 aliphatic heterocycles. The minimum atomic E-state index is -1.24. The van der Waals surface area contributed by atoms with Crippen molar-refractivity contribution >= 4 is 34.9 Å². The minimum absolute atomic E-state index is 0.0287. The van der Waals surface area contributed by atoms with Gasteiger partial charge in [0.05, 0.1) is 26.9 Å². The Hall–Kier alpha value is -1.37. The fraction of sp³-hybridized carbons (Fsp3) is 0. The molecule has 0 bridgehead atoms.